The van der Waals surface area contributed by atoms with E-state index in [1.165, 1.54) is 0 Å². The number of amides is 2. The van der Waals surface area contributed by atoms with E-state index < -0.39 is 0 Å². The fourth-order valence-corrected chi connectivity index (χ4v) is 8.74. The van der Waals surface area contributed by atoms with Crippen LogP contribution >= 0.6 is 23.4 Å². The number of fused-ring (bicyclic) bond motifs is 1. The van der Waals surface area contributed by atoms with E-state index in [-0.39, 0.29) is 64.0 Å². The van der Waals surface area contributed by atoms with Gasteiger partial charge in [0.25, 0.3) is 0 Å². The van der Waals surface area contributed by atoms with Crippen molar-refractivity contribution in [1.82, 2.24) is 36.6 Å². The maximum atomic E-state index is 13.6. The first kappa shape index (κ1) is 27.9. The Morgan fingerprint density at radius 1 is 1.14 bits per heavy atom. The molecular weight excluding hydrogens is 514 g/mol. The van der Waals surface area contributed by atoms with Crippen LogP contribution in [0.1, 0.15) is 39.5 Å². The number of hydrogen-bond donors (Lipinski definition) is 5. The minimum absolute atomic E-state index is 0.0594. The third kappa shape index (κ3) is 5.94. The third-order valence-electron chi connectivity index (χ3n) is 9.18. The van der Waals surface area contributed by atoms with E-state index in [0.717, 1.165) is 32.2 Å². The van der Waals surface area contributed by atoms with E-state index in [0.29, 0.717) is 31.7 Å². The Morgan fingerprint density at radius 3 is 2.65 bits per heavy atom. The number of nitrogens with zero attached hydrogens (tertiary/aromatic N) is 2. The molecule has 12 heteroatoms. The normalized spacial score (nSPS) is 44.7. The maximum absolute atomic E-state index is 13.6. The first-order valence-corrected chi connectivity index (χ1v) is 15.3. The van der Waals surface area contributed by atoms with Crippen LogP contribution in [0.2, 0.25) is 0 Å². The summed E-state index contributed by atoms with van der Waals surface area (Å²) in [6, 6.07) is 0.828. The second-order valence-corrected chi connectivity index (χ2v) is 13.4. The minimum Gasteiger partial charge on any atom is -0.380 e. The molecule has 5 rings (SSSR count). The molecule has 5 heterocycles. The summed E-state index contributed by atoms with van der Waals surface area (Å²) in [5, 5.41) is 16.0. The maximum Gasteiger partial charge on any atom is 0.241 e. The predicted molar refractivity (Wildman–Crippen MR) is 146 cm³/mol. The fourth-order valence-electron chi connectivity index (χ4n) is 7.04. The number of hydrazine groups is 1. The smallest absolute Gasteiger partial charge is 0.241 e. The van der Waals surface area contributed by atoms with Crippen LogP contribution in [0.4, 0.5) is 0 Å². The van der Waals surface area contributed by atoms with E-state index in [1.807, 2.05) is 17.0 Å². The molecule has 0 spiro atoms. The van der Waals surface area contributed by atoms with Crippen molar-refractivity contribution in [2.45, 2.75) is 86.1 Å². The number of piperidine rings is 2. The van der Waals surface area contributed by atoms with E-state index in [4.69, 9.17) is 16.3 Å². The lowest BCUT2D eigenvalue weighted by Crippen LogP contribution is -2.57. The molecule has 210 valence electrons. The highest BCUT2D eigenvalue weighted by Gasteiger charge is 2.48. The quantitative estimate of drug-likeness (QED) is 0.229. The van der Waals surface area contributed by atoms with Crippen LogP contribution in [0, 0.1) is 17.8 Å². The van der Waals surface area contributed by atoms with Crippen LogP contribution in [0.3, 0.4) is 0 Å². The number of carbonyl (C=O) groups is 2. The lowest BCUT2D eigenvalue weighted by Gasteiger charge is -2.45. The molecular formula is C25H44ClN7O3S. The Balaban J connectivity index is 1.16. The number of likely N-dealkylation sites (N-methyl/N-ethyl adjacent to an activating group) is 1. The molecule has 11 atom stereocenters. The van der Waals surface area contributed by atoms with Crippen LogP contribution in [-0.4, -0.2) is 109 Å². The average Bonchev–Trinajstić information content (AvgIpc) is 3.56. The number of thioether (sulfide) groups is 1. The topological polar surface area (TPSA) is 110 Å². The molecule has 0 saturated carbocycles. The molecule has 5 aliphatic heterocycles. The van der Waals surface area contributed by atoms with Crippen molar-refractivity contribution in [2.24, 2.45) is 17.8 Å². The van der Waals surface area contributed by atoms with Gasteiger partial charge in [0.05, 0.1) is 17.5 Å². The Hall–Kier alpha value is -0.660. The molecule has 5 saturated heterocycles. The molecule has 5 N–H and O–H groups in total. The van der Waals surface area contributed by atoms with Crippen molar-refractivity contribution in [3.8, 4) is 0 Å². The lowest BCUT2D eigenvalue weighted by atomic mass is 9.70. The second-order valence-electron chi connectivity index (χ2n) is 11.5. The van der Waals surface area contributed by atoms with Crippen molar-refractivity contribution >= 4 is 35.2 Å². The first-order chi connectivity index (χ1) is 17.8. The first-order valence-electron chi connectivity index (χ1n) is 13.9. The summed E-state index contributed by atoms with van der Waals surface area (Å²) >= 11 is 8.22. The van der Waals surface area contributed by atoms with E-state index in [2.05, 4.69) is 40.5 Å². The number of likely N-dealkylation sites (tertiary alicyclic amines) is 1. The van der Waals surface area contributed by atoms with Gasteiger partial charge < -0.3 is 20.3 Å². The van der Waals surface area contributed by atoms with Gasteiger partial charge >= 0.3 is 0 Å². The van der Waals surface area contributed by atoms with Crippen molar-refractivity contribution in [3.63, 3.8) is 0 Å². The van der Waals surface area contributed by atoms with Gasteiger partial charge in [-0.1, -0.05) is 6.92 Å². The van der Waals surface area contributed by atoms with Crippen molar-refractivity contribution in [3.05, 3.63) is 0 Å². The molecule has 0 aromatic heterocycles. The summed E-state index contributed by atoms with van der Waals surface area (Å²) in [5.41, 5.74) is 3.18. The fraction of sp³-hybridized carbons (Fsp3) is 0.920. The zero-order valence-electron chi connectivity index (χ0n) is 22.4. The standard InChI is InChI=1S/C25H44ClN7O3S/c1-5-14-7-19(32(3)31-14)24(35)33-11-18-21(12-33)37-25(29-18)30-23(34)17-9-27-13(2)6-15(17)16-8-22(26)28-10-20(16)36-4/h13-22,25,27-29,31H,5-12H2,1-4H3,(H,30,34). The molecule has 5 fully saturated rings. The molecule has 2 amide bonds. The monoisotopic (exact) mass is 557 g/mol. The van der Waals surface area contributed by atoms with Crippen molar-refractivity contribution in [2.75, 3.05) is 40.3 Å². The zero-order chi connectivity index (χ0) is 26.3. The lowest BCUT2D eigenvalue weighted by molar-refractivity contribution is -0.135. The van der Waals surface area contributed by atoms with Crippen molar-refractivity contribution in [1.29, 1.82) is 0 Å². The SMILES string of the molecule is CCC1CC(C(=O)N2CC3NC(NC(=O)C4CNC(C)CC4C4CC(Cl)NCC4OC)SC3C2)N(C)N1. The van der Waals surface area contributed by atoms with Crippen LogP contribution < -0.4 is 26.7 Å². The Labute approximate surface area is 230 Å². The molecule has 10 nitrogen and oxygen atoms in total. The molecule has 37 heavy (non-hydrogen) atoms. The van der Waals surface area contributed by atoms with Gasteiger partial charge in [-0.2, -0.15) is 0 Å². The number of halogens is 1. The summed E-state index contributed by atoms with van der Waals surface area (Å²) in [6.07, 6.45) is 3.67. The van der Waals surface area contributed by atoms with Gasteiger partial charge in [0.2, 0.25) is 11.8 Å². The molecule has 0 bridgehead atoms. The number of alkyl halides is 1. The van der Waals surface area contributed by atoms with Gasteiger partial charge in [0, 0.05) is 63.7 Å². The predicted octanol–water partition coefficient (Wildman–Crippen LogP) is 0.0929. The molecule has 5 aliphatic rings. The summed E-state index contributed by atoms with van der Waals surface area (Å²) in [4.78, 5) is 28.8. The Bertz CT molecular complexity index is 828. The molecule has 0 aliphatic carbocycles. The van der Waals surface area contributed by atoms with E-state index in [1.54, 1.807) is 18.9 Å². The number of carbonyl (C=O) groups excluding carboxylic acids is 2. The van der Waals surface area contributed by atoms with E-state index in [9.17, 15) is 9.59 Å². The van der Waals surface area contributed by atoms with E-state index >= 15 is 0 Å². The van der Waals surface area contributed by atoms with Gasteiger partial charge in [0.1, 0.15) is 11.5 Å². The largest absolute Gasteiger partial charge is 0.380 e. The number of nitrogens with one attached hydrogen (secondary N) is 5. The van der Waals surface area contributed by atoms with Gasteiger partial charge in [-0.05, 0) is 44.4 Å². The summed E-state index contributed by atoms with van der Waals surface area (Å²) in [5.74, 6) is 0.630. The highest BCUT2D eigenvalue weighted by Crippen LogP contribution is 2.38. The molecule has 0 aromatic carbocycles. The van der Waals surface area contributed by atoms with Crippen LogP contribution in [0.5, 0.6) is 0 Å². The highest BCUT2D eigenvalue weighted by molar-refractivity contribution is 8.00. The van der Waals surface area contributed by atoms with Crippen LogP contribution in [0.15, 0.2) is 0 Å². The zero-order valence-corrected chi connectivity index (χ0v) is 24.0. The highest BCUT2D eigenvalue weighted by atomic mass is 35.5. The molecule has 0 aromatic rings. The van der Waals surface area contributed by atoms with Gasteiger partial charge in [0.15, 0.2) is 0 Å². The Kier molecular flexibility index (Phi) is 8.92. The van der Waals surface area contributed by atoms with Crippen molar-refractivity contribution < 1.29 is 14.3 Å². The summed E-state index contributed by atoms with van der Waals surface area (Å²) in [7, 11) is 3.72. The summed E-state index contributed by atoms with van der Waals surface area (Å²) < 4.78 is 5.81. The average molecular weight is 558 g/mol. The Morgan fingerprint density at radius 2 is 1.95 bits per heavy atom. The minimum atomic E-state index is -0.132. The number of methoxy groups -OCH3 is 1. The molecule has 0 radical (unpaired) electrons. The second kappa shape index (κ2) is 11.8. The van der Waals surface area contributed by atoms with Crippen LogP contribution in [-0.2, 0) is 14.3 Å². The van der Waals surface area contributed by atoms with Crippen LogP contribution in [0.25, 0.3) is 0 Å². The van der Waals surface area contributed by atoms with Gasteiger partial charge in [-0.15, -0.1) is 23.4 Å². The van der Waals surface area contributed by atoms with Gasteiger partial charge in [-0.25, -0.2) is 5.01 Å². The number of ether oxygens (including phenoxy) is 1. The van der Waals surface area contributed by atoms with Gasteiger partial charge in [-0.3, -0.25) is 25.6 Å². The number of rotatable bonds is 6. The third-order valence-corrected chi connectivity index (χ3v) is 10.9. The summed E-state index contributed by atoms with van der Waals surface area (Å²) in [6.45, 7) is 7.13. The molecule has 11 unspecified atom stereocenters. The number of hydrogen-bond acceptors (Lipinski definition) is 9.